The molecule has 94 valence electrons. The van der Waals surface area contributed by atoms with Crippen molar-refractivity contribution < 1.29 is 19.0 Å². The van der Waals surface area contributed by atoms with Crippen LogP contribution in [0.1, 0.15) is 12.5 Å². The van der Waals surface area contributed by atoms with Crippen LogP contribution in [0.15, 0.2) is 6.07 Å². The van der Waals surface area contributed by atoms with Crippen molar-refractivity contribution in [3.8, 4) is 17.2 Å². The summed E-state index contributed by atoms with van der Waals surface area (Å²) in [7, 11) is 4.53. The quantitative estimate of drug-likeness (QED) is 0.814. The largest absolute Gasteiger partial charge is 0.495 e. The van der Waals surface area contributed by atoms with Crippen molar-refractivity contribution >= 4 is 17.4 Å². The van der Waals surface area contributed by atoms with Crippen LogP contribution in [0.4, 0.5) is 0 Å². The van der Waals surface area contributed by atoms with Gasteiger partial charge in [-0.2, -0.15) is 0 Å². The molecule has 0 amide bonds. The maximum Gasteiger partial charge on any atom is 0.166 e. The summed E-state index contributed by atoms with van der Waals surface area (Å²) in [6, 6.07) is 1.63. The Bertz CT molecular complexity index is 429. The average Bonchev–Trinajstić information content (AvgIpc) is 2.30. The smallest absolute Gasteiger partial charge is 0.166 e. The van der Waals surface area contributed by atoms with Crippen molar-refractivity contribution in [2.24, 2.45) is 0 Å². The van der Waals surface area contributed by atoms with Gasteiger partial charge in [-0.15, -0.1) is 0 Å². The zero-order valence-corrected chi connectivity index (χ0v) is 11.1. The Morgan fingerprint density at radius 1 is 1.18 bits per heavy atom. The van der Waals surface area contributed by atoms with Crippen molar-refractivity contribution in [3.63, 3.8) is 0 Å². The van der Waals surface area contributed by atoms with E-state index in [1.54, 1.807) is 6.07 Å². The van der Waals surface area contributed by atoms with Crippen LogP contribution in [0.3, 0.4) is 0 Å². The molecule has 0 N–H and O–H groups in total. The SMILES string of the molecule is COc1cc(OC)c(OC)c(CC(C)=O)c1Cl. The first-order chi connectivity index (χ1) is 8.04. The van der Waals surface area contributed by atoms with E-state index in [-0.39, 0.29) is 12.2 Å². The molecule has 0 saturated heterocycles. The Balaban J connectivity index is 3.43. The molecule has 0 atom stereocenters. The van der Waals surface area contributed by atoms with Gasteiger partial charge in [-0.1, -0.05) is 11.6 Å². The predicted octanol–water partition coefficient (Wildman–Crippen LogP) is 2.50. The monoisotopic (exact) mass is 258 g/mol. The van der Waals surface area contributed by atoms with Crippen LogP contribution < -0.4 is 14.2 Å². The van der Waals surface area contributed by atoms with E-state index in [1.807, 2.05) is 0 Å². The van der Waals surface area contributed by atoms with Crippen molar-refractivity contribution in [2.75, 3.05) is 21.3 Å². The molecule has 1 aromatic rings. The Morgan fingerprint density at radius 2 is 1.76 bits per heavy atom. The van der Waals surface area contributed by atoms with Gasteiger partial charge >= 0.3 is 0 Å². The first kappa shape index (κ1) is 13.6. The molecule has 4 nitrogen and oxygen atoms in total. The summed E-state index contributed by atoms with van der Waals surface area (Å²) < 4.78 is 15.5. The number of carbonyl (C=O) groups excluding carboxylic acids is 1. The van der Waals surface area contributed by atoms with Crippen LogP contribution >= 0.6 is 11.6 Å². The summed E-state index contributed by atoms with van der Waals surface area (Å²) in [5.41, 5.74) is 0.581. The Morgan fingerprint density at radius 3 is 2.18 bits per heavy atom. The van der Waals surface area contributed by atoms with Crippen LogP contribution in [0.25, 0.3) is 0 Å². The Kier molecular flexibility index (Phi) is 4.63. The van der Waals surface area contributed by atoms with E-state index in [0.29, 0.717) is 27.8 Å². The molecule has 1 rings (SSSR count). The lowest BCUT2D eigenvalue weighted by Gasteiger charge is -2.16. The van der Waals surface area contributed by atoms with E-state index in [4.69, 9.17) is 25.8 Å². The fourth-order valence-corrected chi connectivity index (χ4v) is 1.86. The predicted molar refractivity (Wildman–Crippen MR) is 65.5 cm³/mol. The third kappa shape index (κ3) is 2.82. The summed E-state index contributed by atoms with van der Waals surface area (Å²) in [5.74, 6) is 1.40. The van der Waals surface area contributed by atoms with E-state index in [9.17, 15) is 4.79 Å². The molecule has 1 aromatic carbocycles. The molecular weight excluding hydrogens is 244 g/mol. The normalized spacial score (nSPS) is 9.94. The molecule has 0 heterocycles. The molecule has 0 saturated carbocycles. The van der Waals surface area contributed by atoms with E-state index < -0.39 is 0 Å². The number of ether oxygens (including phenoxy) is 3. The summed E-state index contributed by atoms with van der Waals surface area (Å²) >= 11 is 6.15. The number of hydrogen-bond acceptors (Lipinski definition) is 4. The average molecular weight is 259 g/mol. The lowest BCUT2D eigenvalue weighted by molar-refractivity contribution is -0.116. The topological polar surface area (TPSA) is 44.8 Å². The second-order valence-electron chi connectivity index (χ2n) is 3.49. The minimum absolute atomic E-state index is 0.0134. The lowest BCUT2D eigenvalue weighted by atomic mass is 10.1. The molecule has 0 unspecified atom stereocenters. The standard InChI is InChI=1S/C12H15ClO4/c1-7(14)5-8-11(13)9(15-2)6-10(16-3)12(8)17-4/h6H,5H2,1-4H3. The molecule has 0 spiro atoms. The van der Waals surface area contributed by atoms with Gasteiger partial charge in [0.25, 0.3) is 0 Å². The van der Waals surface area contributed by atoms with Crippen LogP contribution in [-0.4, -0.2) is 27.1 Å². The minimum Gasteiger partial charge on any atom is -0.495 e. The minimum atomic E-state index is -0.0134. The van der Waals surface area contributed by atoms with Crippen molar-refractivity contribution in [1.82, 2.24) is 0 Å². The highest BCUT2D eigenvalue weighted by molar-refractivity contribution is 6.33. The second kappa shape index (κ2) is 5.77. The molecule has 17 heavy (non-hydrogen) atoms. The van der Waals surface area contributed by atoms with Gasteiger partial charge in [0.2, 0.25) is 0 Å². The third-order valence-corrected chi connectivity index (χ3v) is 2.73. The maximum atomic E-state index is 11.2. The maximum absolute atomic E-state index is 11.2. The van der Waals surface area contributed by atoms with Crippen molar-refractivity contribution in [1.29, 1.82) is 0 Å². The number of hydrogen-bond donors (Lipinski definition) is 0. The van der Waals surface area contributed by atoms with Crippen molar-refractivity contribution in [2.45, 2.75) is 13.3 Å². The summed E-state index contributed by atoms with van der Waals surface area (Å²) in [6.07, 6.45) is 0.176. The first-order valence-corrected chi connectivity index (χ1v) is 5.39. The molecule has 0 aliphatic rings. The van der Waals surface area contributed by atoms with Crippen molar-refractivity contribution in [3.05, 3.63) is 16.7 Å². The number of halogens is 1. The first-order valence-electron chi connectivity index (χ1n) is 5.01. The molecule has 0 bridgehead atoms. The number of benzene rings is 1. The molecule has 0 aliphatic carbocycles. The van der Waals surface area contributed by atoms with E-state index in [1.165, 1.54) is 28.3 Å². The summed E-state index contributed by atoms with van der Waals surface area (Å²) in [6.45, 7) is 1.49. The number of rotatable bonds is 5. The van der Waals surface area contributed by atoms with Gasteiger partial charge in [-0.25, -0.2) is 0 Å². The molecule has 5 heteroatoms. The lowest BCUT2D eigenvalue weighted by Crippen LogP contribution is -2.03. The highest BCUT2D eigenvalue weighted by atomic mass is 35.5. The van der Waals surface area contributed by atoms with E-state index in [0.717, 1.165) is 0 Å². The van der Waals surface area contributed by atoms with E-state index >= 15 is 0 Å². The highest BCUT2D eigenvalue weighted by Gasteiger charge is 2.19. The Labute approximate surface area is 105 Å². The van der Waals surface area contributed by atoms with Gasteiger partial charge in [-0.05, 0) is 6.92 Å². The van der Waals surface area contributed by atoms with Crippen LogP contribution in [0.2, 0.25) is 5.02 Å². The zero-order chi connectivity index (χ0) is 13.0. The van der Waals surface area contributed by atoms with Gasteiger partial charge in [-0.3, -0.25) is 4.79 Å². The molecule has 0 aliphatic heterocycles. The van der Waals surface area contributed by atoms with Crippen LogP contribution in [0, 0.1) is 0 Å². The van der Waals surface area contributed by atoms with Gasteiger partial charge in [0.15, 0.2) is 11.5 Å². The highest BCUT2D eigenvalue weighted by Crippen LogP contribution is 2.42. The second-order valence-corrected chi connectivity index (χ2v) is 3.86. The van der Waals surface area contributed by atoms with E-state index in [2.05, 4.69) is 0 Å². The summed E-state index contributed by atoms with van der Waals surface area (Å²) in [4.78, 5) is 11.2. The van der Waals surface area contributed by atoms with Gasteiger partial charge in [0, 0.05) is 18.1 Å². The number of ketones is 1. The number of Topliss-reactive ketones (excluding diaryl/α,β-unsaturated/α-hetero) is 1. The molecule has 0 radical (unpaired) electrons. The van der Waals surface area contributed by atoms with Crippen LogP contribution in [-0.2, 0) is 11.2 Å². The zero-order valence-electron chi connectivity index (χ0n) is 10.3. The van der Waals surface area contributed by atoms with Gasteiger partial charge in [0.1, 0.15) is 11.5 Å². The van der Waals surface area contributed by atoms with Gasteiger partial charge < -0.3 is 14.2 Å². The molecule has 0 aromatic heterocycles. The number of carbonyl (C=O) groups is 1. The number of methoxy groups -OCH3 is 3. The van der Waals surface area contributed by atoms with Gasteiger partial charge in [0.05, 0.1) is 26.4 Å². The summed E-state index contributed by atoms with van der Waals surface area (Å²) in [5, 5.41) is 0.375. The fourth-order valence-electron chi connectivity index (χ4n) is 1.58. The Hall–Kier alpha value is -1.42. The third-order valence-electron chi connectivity index (χ3n) is 2.31. The fraction of sp³-hybridized carbons (Fsp3) is 0.417. The molecule has 0 fully saturated rings. The molecular formula is C12H15ClO4. The van der Waals surface area contributed by atoms with Crippen LogP contribution in [0.5, 0.6) is 17.2 Å².